The molecule has 0 bridgehead atoms. The van der Waals surface area contributed by atoms with Crippen LogP contribution in [0.5, 0.6) is 5.75 Å². The molecule has 2 aromatic rings. The first-order valence-electron chi connectivity index (χ1n) is 7.34. The SMILES string of the molecule is CC(CNC1CCc2cc(O)ccc21)c1ccccc1. The van der Waals surface area contributed by atoms with E-state index < -0.39 is 0 Å². The minimum Gasteiger partial charge on any atom is -0.508 e. The molecule has 0 amide bonds. The van der Waals surface area contributed by atoms with E-state index in [1.807, 2.05) is 6.07 Å². The standard InChI is InChI=1S/C18H21NO/c1-13(14-5-3-2-4-6-14)12-19-18-10-7-15-11-16(20)8-9-17(15)18/h2-6,8-9,11,13,18-20H,7,10,12H2,1H3. The summed E-state index contributed by atoms with van der Waals surface area (Å²) in [6, 6.07) is 16.8. The van der Waals surface area contributed by atoms with Gasteiger partial charge >= 0.3 is 0 Å². The maximum Gasteiger partial charge on any atom is 0.115 e. The molecule has 2 aromatic carbocycles. The largest absolute Gasteiger partial charge is 0.508 e. The molecule has 2 atom stereocenters. The fourth-order valence-corrected chi connectivity index (χ4v) is 3.03. The molecule has 0 spiro atoms. The van der Waals surface area contributed by atoms with E-state index in [0.29, 0.717) is 17.7 Å². The molecule has 1 aliphatic rings. The number of benzene rings is 2. The van der Waals surface area contributed by atoms with Gasteiger partial charge in [0.2, 0.25) is 0 Å². The summed E-state index contributed by atoms with van der Waals surface area (Å²) in [5.41, 5.74) is 4.02. The summed E-state index contributed by atoms with van der Waals surface area (Å²) in [6.45, 7) is 3.24. The number of aromatic hydroxyl groups is 1. The second-order valence-electron chi connectivity index (χ2n) is 5.69. The highest BCUT2D eigenvalue weighted by atomic mass is 16.3. The molecule has 0 saturated heterocycles. The van der Waals surface area contributed by atoms with Crippen LogP contribution >= 0.6 is 0 Å². The Morgan fingerprint density at radius 1 is 1.20 bits per heavy atom. The van der Waals surface area contributed by atoms with Crippen molar-refractivity contribution in [1.82, 2.24) is 5.32 Å². The molecule has 0 radical (unpaired) electrons. The predicted molar refractivity (Wildman–Crippen MR) is 82.0 cm³/mol. The van der Waals surface area contributed by atoms with Gasteiger partial charge in [-0.05, 0) is 47.6 Å². The van der Waals surface area contributed by atoms with Crippen molar-refractivity contribution in [3.8, 4) is 5.75 Å². The van der Waals surface area contributed by atoms with Crippen molar-refractivity contribution < 1.29 is 5.11 Å². The van der Waals surface area contributed by atoms with E-state index in [-0.39, 0.29) is 0 Å². The summed E-state index contributed by atoms with van der Waals surface area (Å²) in [6.07, 6.45) is 2.18. The number of aryl methyl sites for hydroxylation is 1. The molecular weight excluding hydrogens is 246 g/mol. The summed E-state index contributed by atoms with van der Waals surface area (Å²) in [7, 11) is 0. The molecule has 1 aliphatic carbocycles. The van der Waals surface area contributed by atoms with Gasteiger partial charge in [0, 0.05) is 12.6 Å². The fraction of sp³-hybridized carbons (Fsp3) is 0.333. The van der Waals surface area contributed by atoms with Crippen LogP contribution in [0.4, 0.5) is 0 Å². The van der Waals surface area contributed by atoms with Gasteiger partial charge in [-0.3, -0.25) is 0 Å². The van der Waals surface area contributed by atoms with E-state index >= 15 is 0 Å². The fourth-order valence-electron chi connectivity index (χ4n) is 3.03. The zero-order valence-corrected chi connectivity index (χ0v) is 11.8. The quantitative estimate of drug-likeness (QED) is 0.883. The normalized spacial score (nSPS) is 18.8. The van der Waals surface area contributed by atoms with Crippen LogP contribution in [0.1, 0.15) is 42.0 Å². The van der Waals surface area contributed by atoms with Crippen LogP contribution in [0, 0.1) is 0 Å². The first kappa shape index (κ1) is 13.2. The average Bonchev–Trinajstić information content (AvgIpc) is 2.88. The summed E-state index contributed by atoms with van der Waals surface area (Å²) >= 11 is 0. The first-order chi connectivity index (χ1) is 9.74. The Morgan fingerprint density at radius 2 is 2.00 bits per heavy atom. The van der Waals surface area contributed by atoms with Gasteiger partial charge in [-0.2, -0.15) is 0 Å². The first-order valence-corrected chi connectivity index (χ1v) is 7.34. The lowest BCUT2D eigenvalue weighted by Crippen LogP contribution is -2.24. The maximum absolute atomic E-state index is 9.53. The van der Waals surface area contributed by atoms with Crippen LogP contribution in [-0.2, 0) is 6.42 Å². The molecule has 0 aromatic heterocycles. The van der Waals surface area contributed by atoms with E-state index in [1.54, 1.807) is 6.07 Å². The molecule has 104 valence electrons. The number of fused-ring (bicyclic) bond motifs is 1. The summed E-state index contributed by atoms with van der Waals surface area (Å²) in [5.74, 6) is 0.888. The summed E-state index contributed by atoms with van der Waals surface area (Å²) in [5, 5.41) is 13.2. The number of hydrogen-bond acceptors (Lipinski definition) is 2. The molecular formula is C18H21NO. The van der Waals surface area contributed by atoms with Gasteiger partial charge in [-0.1, -0.05) is 43.3 Å². The van der Waals surface area contributed by atoms with Crippen molar-refractivity contribution in [2.24, 2.45) is 0 Å². The van der Waals surface area contributed by atoms with Crippen LogP contribution in [0.25, 0.3) is 0 Å². The molecule has 2 N–H and O–H groups in total. The summed E-state index contributed by atoms with van der Waals surface area (Å²) < 4.78 is 0. The Labute approximate surface area is 120 Å². The Kier molecular flexibility index (Phi) is 3.75. The Bertz CT molecular complexity index is 579. The predicted octanol–water partition coefficient (Wildman–Crippen LogP) is 3.77. The zero-order chi connectivity index (χ0) is 13.9. The Morgan fingerprint density at radius 3 is 2.80 bits per heavy atom. The van der Waals surface area contributed by atoms with Gasteiger partial charge in [0.1, 0.15) is 5.75 Å². The lowest BCUT2D eigenvalue weighted by molar-refractivity contribution is 0.474. The van der Waals surface area contributed by atoms with Crippen LogP contribution in [0.15, 0.2) is 48.5 Å². The van der Waals surface area contributed by atoms with Crippen molar-refractivity contribution >= 4 is 0 Å². The monoisotopic (exact) mass is 267 g/mol. The minimum absolute atomic E-state index is 0.377. The van der Waals surface area contributed by atoms with Gasteiger partial charge in [0.15, 0.2) is 0 Å². The van der Waals surface area contributed by atoms with Crippen molar-refractivity contribution in [3.63, 3.8) is 0 Å². The molecule has 2 unspecified atom stereocenters. The Hall–Kier alpha value is -1.80. The number of phenols is 1. The van der Waals surface area contributed by atoms with Crippen molar-refractivity contribution in [2.75, 3.05) is 6.54 Å². The second kappa shape index (κ2) is 5.68. The number of hydrogen-bond donors (Lipinski definition) is 2. The van der Waals surface area contributed by atoms with Crippen LogP contribution < -0.4 is 5.32 Å². The van der Waals surface area contributed by atoms with E-state index in [2.05, 4.69) is 48.6 Å². The number of rotatable bonds is 4. The van der Waals surface area contributed by atoms with E-state index in [1.165, 1.54) is 16.7 Å². The van der Waals surface area contributed by atoms with Crippen LogP contribution in [-0.4, -0.2) is 11.7 Å². The van der Waals surface area contributed by atoms with Crippen LogP contribution in [0.3, 0.4) is 0 Å². The zero-order valence-electron chi connectivity index (χ0n) is 11.8. The van der Waals surface area contributed by atoms with E-state index in [9.17, 15) is 5.11 Å². The van der Waals surface area contributed by atoms with Gasteiger partial charge in [-0.15, -0.1) is 0 Å². The third-order valence-corrected chi connectivity index (χ3v) is 4.24. The Balaban J connectivity index is 1.64. The molecule has 2 nitrogen and oxygen atoms in total. The highest BCUT2D eigenvalue weighted by Gasteiger charge is 2.22. The highest BCUT2D eigenvalue weighted by Crippen LogP contribution is 2.33. The third kappa shape index (κ3) is 2.70. The van der Waals surface area contributed by atoms with Crippen LogP contribution in [0.2, 0.25) is 0 Å². The van der Waals surface area contributed by atoms with Gasteiger partial charge in [0.25, 0.3) is 0 Å². The molecule has 0 fully saturated rings. The third-order valence-electron chi connectivity index (χ3n) is 4.24. The molecule has 0 heterocycles. The average molecular weight is 267 g/mol. The maximum atomic E-state index is 9.53. The molecule has 2 heteroatoms. The molecule has 0 aliphatic heterocycles. The van der Waals surface area contributed by atoms with Crippen molar-refractivity contribution in [2.45, 2.75) is 31.7 Å². The summed E-state index contributed by atoms with van der Waals surface area (Å²) in [4.78, 5) is 0. The van der Waals surface area contributed by atoms with E-state index in [0.717, 1.165) is 19.4 Å². The second-order valence-corrected chi connectivity index (χ2v) is 5.69. The lowest BCUT2D eigenvalue weighted by atomic mass is 10.0. The topological polar surface area (TPSA) is 32.3 Å². The number of nitrogens with one attached hydrogen (secondary N) is 1. The van der Waals surface area contributed by atoms with Crippen molar-refractivity contribution in [3.05, 3.63) is 65.2 Å². The van der Waals surface area contributed by atoms with Gasteiger partial charge < -0.3 is 10.4 Å². The van der Waals surface area contributed by atoms with E-state index in [4.69, 9.17) is 0 Å². The smallest absolute Gasteiger partial charge is 0.115 e. The highest BCUT2D eigenvalue weighted by molar-refractivity contribution is 5.40. The minimum atomic E-state index is 0.377. The van der Waals surface area contributed by atoms with Gasteiger partial charge in [0.05, 0.1) is 0 Å². The van der Waals surface area contributed by atoms with Crippen molar-refractivity contribution in [1.29, 1.82) is 0 Å². The van der Waals surface area contributed by atoms with Gasteiger partial charge in [-0.25, -0.2) is 0 Å². The molecule has 3 rings (SSSR count). The number of phenolic OH excluding ortho intramolecular Hbond substituents is 1. The molecule has 0 saturated carbocycles. The lowest BCUT2D eigenvalue weighted by Gasteiger charge is -2.18. The molecule has 20 heavy (non-hydrogen) atoms.